The Kier molecular flexibility index (Phi) is 4.51. The van der Waals surface area contributed by atoms with Crippen LogP contribution in [0.2, 0.25) is 0 Å². The highest BCUT2D eigenvalue weighted by molar-refractivity contribution is 5.97. The van der Waals surface area contributed by atoms with Crippen molar-refractivity contribution >= 4 is 11.9 Å². The number of alkyl halides is 6. The Morgan fingerprint density at radius 1 is 1.00 bits per heavy atom. The van der Waals surface area contributed by atoms with Gasteiger partial charge in [-0.25, -0.2) is 4.79 Å². The summed E-state index contributed by atoms with van der Waals surface area (Å²) < 4.78 is 76.8. The molecule has 132 valence electrons. The van der Waals surface area contributed by atoms with Gasteiger partial charge in [0.25, 0.3) is 5.91 Å². The third-order valence-corrected chi connectivity index (χ3v) is 3.63. The first kappa shape index (κ1) is 18.1. The topological polar surface area (TPSA) is 57.6 Å². The summed E-state index contributed by atoms with van der Waals surface area (Å²) in [5.74, 6) is -2.53. The molecule has 1 aliphatic rings. The van der Waals surface area contributed by atoms with E-state index in [1.165, 1.54) is 0 Å². The lowest BCUT2D eigenvalue weighted by atomic mass is 10.0. The first-order chi connectivity index (χ1) is 10.9. The molecule has 1 aliphatic heterocycles. The second-order valence-electron chi connectivity index (χ2n) is 5.29. The molecule has 1 aromatic rings. The second-order valence-corrected chi connectivity index (χ2v) is 5.29. The number of hydrogen-bond donors (Lipinski definition) is 1. The van der Waals surface area contributed by atoms with Crippen molar-refractivity contribution in [2.45, 2.75) is 31.2 Å². The fourth-order valence-electron chi connectivity index (χ4n) is 2.51. The summed E-state index contributed by atoms with van der Waals surface area (Å²) in [4.78, 5) is 24.1. The number of aliphatic carboxylic acids is 1. The van der Waals surface area contributed by atoms with Gasteiger partial charge in [-0.2, -0.15) is 26.3 Å². The van der Waals surface area contributed by atoms with Crippen LogP contribution < -0.4 is 0 Å². The molecule has 0 radical (unpaired) electrons. The molecule has 0 unspecified atom stereocenters. The SMILES string of the molecule is O=C(O)[C@H]1CCCN1C(=O)c1cc(C(F)(F)F)cc(C(F)(F)F)c1. The van der Waals surface area contributed by atoms with Crippen LogP contribution in [0.5, 0.6) is 0 Å². The summed E-state index contributed by atoms with van der Waals surface area (Å²) in [5, 5.41) is 8.99. The van der Waals surface area contributed by atoms with Gasteiger partial charge in [-0.15, -0.1) is 0 Å². The van der Waals surface area contributed by atoms with Crippen LogP contribution in [0.1, 0.15) is 34.3 Å². The monoisotopic (exact) mass is 355 g/mol. The summed E-state index contributed by atoms with van der Waals surface area (Å²) in [6, 6.07) is -0.750. The standard InChI is InChI=1S/C14H11F6NO3/c15-13(16,17)8-4-7(5-9(6-8)14(18,19)20)11(22)21-3-1-2-10(21)12(23)24/h4-6,10H,1-3H2,(H,23,24)/t10-/m1/s1. The van der Waals surface area contributed by atoms with Gasteiger partial charge in [0.1, 0.15) is 6.04 Å². The number of carbonyl (C=O) groups excluding carboxylic acids is 1. The zero-order valence-corrected chi connectivity index (χ0v) is 11.9. The number of amides is 1. The number of rotatable bonds is 2. The minimum atomic E-state index is -5.08. The molecule has 10 heteroatoms. The van der Waals surface area contributed by atoms with Gasteiger partial charge in [-0.05, 0) is 31.0 Å². The van der Waals surface area contributed by atoms with E-state index in [-0.39, 0.29) is 19.0 Å². The molecular weight excluding hydrogens is 344 g/mol. The number of carboxylic acids is 1. The lowest BCUT2D eigenvalue weighted by Crippen LogP contribution is -2.40. The molecule has 0 aliphatic carbocycles. The van der Waals surface area contributed by atoms with Crippen LogP contribution in [0.25, 0.3) is 0 Å². The average Bonchev–Trinajstić information content (AvgIpc) is 2.93. The van der Waals surface area contributed by atoms with Gasteiger partial charge in [-0.3, -0.25) is 4.79 Å². The molecule has 1 N–H and O–H groups in total. The lowest BCUT2D eigenvalue weighted by Gasteiger charge is -2.22. The van der Waals surface area contributed by atoms with Crippen molar-refractivity contribution < 1.29 is 41.0 Å². The molecule has 0 bridgehead atoms. The predicted molar refractivity (Wildman–Crippen MR) is 68.1 cm³/mol. The minimum absolute atomic E-state index is 0.0482. The highest BCUT2D eigenvalue weighted by Gasteiger charge is 2.39. The molecule has 1 atom stereocenters. The van der Waals surface area contributed by atoms with Crippen molar-refractivity contribution in [3.8, 4) is 0 Å². The Hall–Kier alpha value is -2.26. The largest absolute Gasteiger partial charge is 0.480 e. The smallest absolute Gasteiger partial charge is 0.416 e. The van der Waals surface area contributed by atoms with Gasteiger partial charge < -0.3 is 10.0 Å². The van der Waals surface area contributed by atoms with Crippen LogP contribution in [0, 0.1) is 0 Å². The predicted octanol–water partition coefficient (Wildman–Crippen LogP) is 3.41. The van der Waals surface area contributed by atoms with Gasteiger partial charge in [0.05, 0.1) is 11.1 Å². The third-order valence-electron chi connectivity index (χ3n) is 3.63. The zero-order chi connectivity index (χ0) is 18.3. The maximum absolute atomic E-state index is 12.8. The second kappa shape index (κ2) is 5.99. The number of nitrogens with zero attached hydrogens (tertiary/aromatic N) is 1. The van der Waals surface area contributed by atoms with E-state index in [0.717, 1.165) is 4.90 Å². The number of hydrogen-bond acceptors (Lipinski definition) is 2. The third kappa shape index (κ3) is 3.62. The molecule has 0 aromatic heterocycles. The van der Waals surface area contributed by atoms with Gasteiger partial charge >= 0.3 is 18.3 Å². The van der Waals surface area contributed by atoms with E-state index in [9.17, 15) is 35.9 Å². The molecule has 1 heterocycles. The maximum atomic E-state index is 12.8. The normalized spacial score (nSPS) is 18.8. The number of carbonyl (C=O) groups is 2. The van der Waals surface area contributed by atoms with E-state index in [1.54, 1.807) is 0 Å². The molecule has 2 rings (SSSR count). The Balaban J connectivity index is 2.49. The van der Waals surface area contributed by atoms with Gasteiger partial charge in [0.15, 0.2) is 0 Å². The average molecular weight is 355 g/mol. The number of halogens is 6. The van der Waals surface area contributed by atoms with Gasteiger partial charge in [0, 0.05) is 12.1 Å². The molecule has 0 spiro atoms. The molecule has 1 saturated heterocycles. The highest BCUT2D eigenvalue weighted by Crippen LogP contribution is 2.37. The van der Waals surface area contributed by atoms with Gasteiger partial charge in [-0.1, -0.05) is 0 Å². The van der Waals surface area contributed by atoms with Crippen LogP contribution in [0.15, 0.2) is 18.2 Å². The van der Waals surface area contributed by atoms with Crippen molar-refractivity contribution in [1.82, 2.24) is 4.90 Å². The van der Waals surface area contributed by atoms with E-state index in [0.29, 0.717) is 18.6 Å². The van der Waals surface area contributed by atoms with Crippen molar-refractivity contribution in [3.05, 3.63) is 34.9 Å². The molecule has 1 amide bonds. The molecule has 1 aromatic carbocycles. The maximum Gasteiger partial charge on any atom is 0.416 e. The van der Waals surface area contributed by atoms with E-state index in [4.69, 9.17) is 5.11 Å². The Morgan fingerprint density at radius 2 is 1.50 bits per heavy atom. The highest BCUT2D eigenvalue weighted by atomic mass is 19.4. The van der Waals surface area contributed by atoms with Crippen LogP contribution >= 0.6 is 0 Å². The fraction of sp³-hybridized carbons (Fsp3) is 0.429. The Morgan fingerprint density at radius 3 is 1.92 bits per heavy atom. The minimum Gasteiger partial charge on any atom is -0.480 e. The number of likely N-dealkylation sites (tertiary alicyclic amines) is 1. The van der Waals surface area contributed by atoms with E-state index < -0.39 is 47.0 Å². The van der Waals surface area contributed by atoms with Crippen molar-refractivity contribution in [2.75, 3.05) is 6.54 Å². The summed E-state index contributed by atoms with van der Waals surface area (Å²) in [6.45, 7) is -0.0482. The van der Waals surface area contributed by atoms with Crippen molar-refractivity contribution in [2.24, 2.45) is 0 Å². The van der Waals surface area contributed by atoms with Crippen LogP contribution in [-0.4, -0.2) is 34.5 Å². The van der Waals surface area contributed by atoms with Crippen LogP contribution in [-0.2, 0) is 17.1 Å². The van der Waals surface area contributed by atoms with Gasteiger partial charge in [0.2, 0.25) is 0 Å². The molecule has 0 saturated carbocycles. The summed E-state index contributed by atoms with van der Waals surface area (Å²) in [7, 11) is 0. The Labute approximate surface area is 131 Å². The number of carboxylic acid groups (broad SMARTS) is 1. The summed E-state index contributed by atoms with van der Waals surface area (Å²) >= 11 is 0. The molecular formula is C14H11F6NO3. The Bertz CT molecular complexity index is 635. The van der Waals surface area contributed by atoms with Crippen molar-refractivity contribution in [1.29, 1.82) is 0 Å². The fourth-order valence-corrected chi connectivity index (χ4v) is 2.51. The molecule has 1 fully saturated rings. The molecule has 4 nitrogen and oxygen atoms in total. The van der Waals surface area contributed by atoms with E-state index >= 15 is 0 Å². The lowest BCUT2D eigenvalue weighted by molar-refractivity contribution is -0.144. The quantitative estimate of drug-likeness (QED) is 0.827. The van der Waals surface area contributed by atoms with Crippen molar-refractivity contribution in [3.63, 3.8) is 0 Å². The first-order valence-corrected chi connectivity index (χ1v) is 6.74. The van der Waals surface area contributed by atoms with E-state index in [1.807, 2.05) is 0 Å². The summed E-state index contributed by atoms with van der Waals surface area (Å²) in [6.07, 6.45) is -9.76. The zero-order valence-electron chi connectivity index (χ0n) is 11.9. The van der Waals surface area contributed by atoms with Crippen LogP contribution in [0.3, 0.4) is 0 Å². The number of benzene rings is 1. The van der Waals surface area contributed by atoms with Crippen LogP contribution in [0.4, 0.5) is 26.3 Å². The molecule has 24 heavy (non-hydrogen) atoms. The summed E-state index contributed by atoms with van der Waals surface area (Å²) in [5.41, 5.74) is -4.08. The first-order valence-electron chi connectivity index (χ1n) is 6.74. The van der Waals surface area contributed by atoms with E-state index in [2.05, 4.69) is 0 Å².